The fourth-order valence-corrected chi connectivity index (χ4v) is 3.12. The van der Waals surface area contributed by atoms with Crippen molar-refractivity contribution in [2.45, 2.75) is 58.2 Å². The standard InChI is InChI=1S/C24H32N2O4/c1-24(2,3)30-23(29)26-25-22(28)20(16-19-12-8-5-9-13-19)17-21(27)15-14-18-10-6-4-7-11-18/h4-13,20-21,27H,14-17H2,1-3H3,(H,25,28)(H,26,29)/t20-,21+/m1/s1. The lowest BCUT2D eigenvalue weighted by Gasteiger charge is -2.22. The van der Waals surface area contributed by atoms with Gasteiger partial charge in [0.05, 0.1) is 6.10 Å². The van der Waals surface area contributed by atoms with Crippen LogP contribution in [0, 0.1) is 5.92 Å². The van der Waals surface area contributed by atoms with E-state index in [9.17, 15) is 14.7 Å². The highest BCUT2D eigenvalue weighted by Gasteiger charge is 2.24. The SMILES string of the molecule is CC(C)(C)OC(=O)NNC(=O)[C@H](Cc1ccccc1)C[C@@H](O)CCc1ccccc1. The molecule has 0 radical (unpaired) electrons. The van der Waals surface area contributed by atoms with Crippen LogP contribution in [0.5, 0.6) is 0 Å². The summed E-state index contributed by atoms with van der Waals surface area (Å²) in [6.07, 6.45) is 0.694. The molecule has 6 heteroatoms. The third-order valence-corrected chi connectivity index (χ3v) is 4.55. The quantitative estimate of drug-likeness (QED) is 0.576. The molecule has 3 N–H and O–H groups in total. The maximum Gasteiger partial charge on any atom is 0.426 e. The highest BCUT2D eigenvalue weighted by Crippen LogP contribution is 2.18. The monoisotopic (exact) mass is 412 g/mol. The molecule has 0 aliphatic carbocycles. The summed E-state index contributed by atoms with van der Waals surface area (Å²) in [5.74, 6) is -0.850. The van der Waals surface area contributed by atoms with Crippen LogP contribution < -0.4 is 10.9 Å². The van der Waals surface area contributed by atoms with E-state index >= 15 is 0 Å². The van der Waals surface area contributed by atoms with E-state index in [2.05, 4.69) is 10.9 Å². The Balaban J connectivity index is 1.95. The van der Waals surface area contributed by atoms with Crippen molar-refractivity contribution in [1.29, 1.82) is 0 Å². The number of hydrazine groups is 1. The Hall–Kier alpha value is -2.86. The minimum Gasteiger partial charge on any atom is -0.443 e. The van der Waals surface area contributed by atoms with Crippen molar-refractivity contribution < 1.29 is 19.4 Å². The number of hydrogen-bond donors (Lipinski definition) is 3. The molecule has 0 spiro atoms. The lowest BCUT2D eigenvalue weighted by Crippen LogP contribution is -2.47. The van der Waals surface area contributed by atoms with Crippen LogP contribution in [0.2, 0.25) is 0 Å². The van der Waals surface area contributed by atoms with E-state index in [0.29, 0.717) is 19.3 Å². The Bertz CT molecular complexity index is 788. The van der Waals surface area contributed by atoms with Gasteiger partial charge in [-0.05, 0) is 57.6 Å². The van der Waals surface area contributed by atoms with Gasteiger partial charge in [-0.1, -0.05) is 60.7 Å². The van der Waals surface area contributed by atoms with Gasteiger partial charge in [-0.3, -0.25) is 10.2 Å². The van der Waals surface area contributed by atoms with Crippen molar-refractivity contribution in [2.24, 2.45) is 5.92 Å². The number of carbonyl (C=O) groups excluding carboxylic acids is 2. The normalized spacial score (nSPS) is 13.2. The van der Waals surface area contributed by atoms with Gasteiger partial charge in [0, 0.05) is 5.92 Å². The number of benzene rings is 2. The first-order chi connectivity index (χ1) is 14.2. The molecule has 0 bridgehead atoms. The minimum atomic E-state index is -0.723. The molecule has 162 valence electrons. The predicted octanol–water partition coefficient (Wildman–Crippen LogP) is 3.79. The second kappa shape index (κ2) is 11.4. The Morgan fingerprint density at radius 1 is 0.933 bits per heavy atom. The third kappa shape index (κ3) is 9.09. The molecule has 0 aliphatic rings. The Morgan fingerprint density at radius 2 is 1.50 bits per heavy atom. The van der Waals surface area contributed by atoms with Gasteiger partial charge in [0.2, 0.25) is 5.91 Å². The third-order valence-electron chi connectivity index (χ3n) is 4.55. The van der Waals surface area contributed by atoms with Crippen LogP contribution in [0.15, 0.2) is 60.7 Å². The van der Waals surface area contributed by atoms with Gasteiger partial charge < -0.3 is 9.84 Å². The predicted molar refractivity (Wildman–Crippen MR) is 117 cm³/mol. The zero-order valence-electron chi connectivity index (χ0n) is 17.9. The second-order valence-electron chi connectivity index (χ2n) is 8.42. The highest BCUT2D eigenvalue weighted by molar-refractivity contribution is 5.81. The number of carbonyl (C=O) groups is 2. The number of hydrogen-bond acceptors (Lipinski definition) is 4. The number of rotatable bonds is 8. The lowest BCUT2D eigenvalue weighted by molar-refractivity contribution is -0.127. The summed E-state index contributed by atoms with van der Waals surface area (Å²) in [4.78, 5) is 24.6. The maximum atomic E-state index is 12.7. The number of amides is 2. The van der Waals surface area contributed by atoms with Crippen LogP contribution in [-0.2, 0) is 22.4 Å². The molecular weight excluding hydrogens is 380 g/mol. The lowest BCUT2D eigenvalue weighted by atomic mass is 9.91. The fraction of sp³-hybridized carbons (Fsp3) is 0.417. The molecule has 2 aromatic carbocycles. The maximum absolute atomic E-state index is 12.7. The molecule has 30 heavy (non-hydrogen) atoms. The van der Waals surface area contributed by atoms with Crippen molar-refractivity contribution in [3.63, 3.8) is 0 Å². The molecule has 0 heterocycles. The summed E-state index contributed by atoms with van der Waals surface area (Å²) >= 11 is 0. The van der Waals surface area contributed by atoms with Crippen molar-refractivity contribution >= 4 is 12.0 Å². The Labute approximate surface area is 178 Å². The molecule has 2 rings (SSSR count). The largest absolute Gasteiger partial charge is 0.443 e. The molecule has 0 aliphatic heterocycles. The number of ether oxygens (including phenoxy) is 1. The molecule has 0 unspecified atom stereocenters. The van der Waals surface area contributed by atoms with Crippen LogP contribution in [-0.4, -0.2) is 28.8 Å². The van der Waals surface area contributed by atoms with E-state index in [-0.39, 0.29) is 5.91 Å². The van der Waals surface area contributed by atoms with E-state index in [1.807, 2.05) is 60.7 Å². The van der Waals surface area contributed by atoms with Crippen molar-refractivity contribution in [3.05, 3.63) is 71.8 Å². The van der Waals surface area contributed by atoms with Gasteiger partial charge in [0.25, 0.3) is 0 Å². The van der Waals surface area contributed by atoms with Crippen LogP contribution in [0.4, 0.5) is 4.79 Å². The van der Waals surface area contributed by atoms with Gasteiger partial charge in [-0.15, -0.1) is 0 Å². The molecule has 0 aromatic heterocycles. The van der Waals surface area contributed by atoms with E-state index in [1.165, 1.54) is 0 Å². The summed E-state index contributed by atoms with van der Waals surface area (Å²) < 4.78 is 5.14. The van der Waals surface area contributed by atoms with Crippen molar-refractivity contribution in [3.8, 4) is 0 Å². The average molecular weight is 413 g/mol. The second-order valence-corrected chi connectivity index (χ2v) is 8.42. The van der Waals surface area contributed by atoms with Gasteiger partial charge in [0.15, 0.2) is 0 Å². The summed E-state index contributed by atoms with van der Waals surface area (Å²) in [5, 5.41) is 10.5. The summed E-state index contributed by atoms with van der Waals surface area (Å²) in [7, 11) is 0. The van der Waals surface area contributed by atoms with E-state index in [1.54, 1.807) is 20.8 Å². The van der Waals surface area contributed by atoms with Crippen molar-refractivity contribution in [2.75, 3.05) is 0 Å². The topological polar surface area (TPSA) is 87.7 Å². The molecule has 0 saturated carbocycles. The average Bonchev–Trinajstić information content (AvgIpc) is 2.70. The molecular formula is C24H32N2O4. The van der Waals surface area contributed by atoms with Gasteiger partial charge in [0.1, 0.15) is 5.60 Å². The van der Waals surface area contributed by atoms with Crippen LogP contribution in [0.1, 0.15) is 44.7 Å². The van der Waals surface area contributed by atoms with Crippen LogP contribution in [0.25, 0.3) is 0 Å². The van der Waals surface area contributed by atoms with Crippen LogP contribution in [0.3, 0.4) is 0 Å². The molecule has 0 saturated heterocycles. The first-order valence-electron chi connectivity index (χ1n) is 10.3. The fourth-order valence-electron chi connectivity index (χ4n) is 3.12. The van der Waals surface area contributed by atoms with Crippen molar-refractivity contribution in [1.82, 2.24) is 10.9 Å². The van der Waals surface area contributed by atoms with E-state index in [0.717, 1.165) is 17.5 Å². The van der Waals surface area contributed by atoms with Gasteiger partial charge in [-0.25, -0.2) is 10.2 Å². The smallest absolute Gasteiger partial charge is 0.426 e. The number of aliphatic hydroxyl groups excluding tert-OH is 1. The Kier molecular flexibility index (Phi) is 8.87. The Morgan fingerprint density at radius 3 is 2.07 bits per heavy atom. The number of aliphatic hydroxyl groups is 1. The zero-order valence-corrected chi connectivity index (χ0v) is 17.9. The van der Waals surface area contributed by atoms with Gasteiger partial charge >= 0.3 is 6.09 Å². The highest BCUT2D eigenvalue weighted by atomic mass is 16.6. The van der Waals surface area contributed by atoms with E-state index < -0.39 is 23.7 Å². The first-order valence-corrected chi connectivity index (χ1v) is 10.3. The molecule has 0 fully saturated rings. The first kappa shape index (κ1) is 23.4. The molecule has 2 atom stereocenters. The van der Waals surface area contributed by atoms with E-state index in [4.69, 9.17) is 4.74 Å². The molecule has 6 nitrogen and oxygen atoms in total. The van der Waals surface area contributed by atoms with Crippen LogP contribution >= 0.6 is 0 Å². The summed E-state index contributed by atoms with van der Waals surface area (Å²) in [5.41, 5.74) is 6.20. The minimum absolute atomic E-state index is 0.295. The summed E-state index contributed by atoms with van der Waals surface area (Å²) in [6.45, 7) is 5.24. The molecule has 2 aromatic rings. The molecule has 2 amide bonds. The number of nitrogens with one attached hydrogen (secondary N) is 2. The zero-order chi connectivity index (χ0) is 22.0. The number of aryl methyl sites for hydroxylation is 1. The summed E-state index contributed by atoms with van der Waals surface area (Å²) in [6, 6.07) is 19.6. The van der Waals surface area contributed by atoms with Gasteiger partial charge in [-0.2, -0.15) is 0 Å².